The van der Waals surface area contributed by atoms with Gasteiger partial charge in [0.15, 0.2) is 11.5 Å². The van der Waals surface area contributed by atoms with Crippen molar-refractivity contribution in [2.45, 2.75) is 53.4 Å². The van der Waals surface area contributed by atoms with Crippen molar-refractivity contribution >= 4 is 21.9 Å². The van der Waals surface area contributed by atoms with E-state index in [2.05, 4.69) is 13.8 Å². The van der Waals surface area contributed by atoms with E-state index in [4.69, 9.17) is 9.15 Å². The predicted octanol–water partition coefficient (Wildman–Crippen LogP) is 5.25. The van der Waals surface area contributed by atoms with Crippen molar-refractivity contribution in [2.75, 3.05) is 7.11 Å². The molecule has 3 N–H and O–H groups in total. The average Bonchev–Trinajstić information content (AvgIpc) is 2.66. The highest BCUT2D eigenvalue weighted by atomic mass is 16.5. The number of hydrogen-bond acceptors (Lipinski definition) is 6. The molecule has 3 aromatic rings. The SMILES string of the molecule is COc1cc2oc3cc(O)c(CCC(C)C)c(O)c3c(=O)c2c(CCC(C)C)c1O. The van der Waals surface area contributed by atoms with Crippen LogP contribution in [0.3, 0.4) is 0 Å². The first-order chi connectivity index (χ1) is 14.1. The molecule has 0 fully saturated rings. The van der Waals surface area contributed by atoms with Gasteiger partial charge in [0.2, 0.25) is 5.43 Å². The Morgan fingerprint density at radius 3 is 2.00 bits per heavy atom. The van der Waals surface area contributed by atoms with Crippen molar-refractivity contribution < 1.29 is 24.5 Å². The lowest BCUT2D eigenvalue weighted by Crippen LogP contribution is -2.08. The summed E-state index contributed by atoms with van der Waals surface area (Å²) in [6, 6.07) is 2.84. The molecule has 2 aromatic carbocycles. The molecule has 0 saturated heterocycles. The molecule has 162 valence electrons. The van der Waals surface area contributed by atoms with Crippen LogP contribution in [0.2, 0.25) is 0 Å². The van der Waals surface area contributed by atoms with Crippen LogP contribution in [0, 0.1) is 11.8 Å². The molecule has 0 unspecified atom stereocenters. The molecule has 1 heterocycles. The van der Waals surface area contributed by atoms with E-state index in [0.29, 0.717) is 35.8 Å². The van der Waals surface area contributed by atoms with Gasteiger partial charge in [-0.1, -0.05) is 27.7 Å². The third-order valence-corrected chi connectivity index (χ3v) is 5.51. The first kappa shape index (κ1) is 21.8. The standard InChI is InChI=1S/C24H30O6/c1-12(2)6-8-14-16(25)10-17-21(23(14)27)24(28)20-15(9-7-13(3)4)22(26)19(29-5)11-18(20)30-17/h10-13,25-27H,6-9H2,1-5H3. The molecule has 0 aliphatic rings. The fourth-order valence-electron chi connectivity index (χ4n) is 3.73. The number of aromatic hydroxyl groups is 3. The van der Waals surface area contributed by atoms with Crippen molar-refractivity contribution in [1.82, 2.24) is 0 Å². The van der Waals surface area contributed by atoms with E-state index in [-0.39, 0.29) is 44.9 Å². The normalized spacial score (nSPS) is 11.8. The van der Waals surface area contributed by atoms with Gasteiger partial charge < -0.3 is 24.5 Å². The number of phenols is 3. The Kier molecular flexibility index (Phi) is 6.15. The summed E-state index contributed by atoms with van der Waals surface area (Å²) >= 11 is 0. The van der Waals surface area contributed by atoms with Crippen LogP contribution >= 0.6 is 0 Å². The van der Waals surface area contributed by atoms with Crippen LogP contribution in [0.5, 0.6) is 23.0 Å². The topological polar surface area (TPSA) is 100 Å². The Hall–Kier alpha value is -2.89. The van der Waals surface area contributed by atoms with Crippen LogP contribution in [0.15, 0.2) is 21.3 Å². The van der Waals surface area contributed by atoms with E-state index in [9.17, 15) is 20.1 Å². The molecule has 0 bridgehead atoms. The zero-order chi connectivity index (χ0) is 22.2. The quantitative estimate of drug-likeness (QED) is 0.457. The lowest BCUT2D eigenvalue weighted by atomic mass is 9.95. The summed E-state index contributed by atoms with van der Waals surface area (Å²) in [6.45, 7) is 8.22. The lowest BCUT2D eigenvalue weighted by molar-refractivity contribution is 0.370. The van der Waals surface area contributed by atoms with Gasteiger partial charge in [-0.25, -0.2) is 0 Å². The lowest BCUT2D eigenvalue weighted by Gasteiger charge is -2.15. The molecule has 0 spiro atoms. The zero-order valence-corrected chi connectivity index (χ0v) is 18.2. The number of benzene rings is 2. The van der Waals surface area contributed by atoms with Gasteiger partial charge in [-0.05, 0) is 37.5 Å². The minimum atomic E-state index is -0.425. The zero-order valence-electron chi connectivity index (χ0n) is 18.2. The number of hydrogen-bond donors (Lipinski definition) is 3. The summed E-state index contributed by atoms with van der Waals surface area (Å²) in [5.41, 5.74) is 0.702. The second kappa shape index (κ2) is 8.46. The second-order valence-electron chi connectivity index (χ2n) is 8.67. The monoisotopic (exact) mass is 414 g/mol. The van der Waals surface area contributed by atoms with Crippen LogP contribution in [0.1, 0.15) is 51.7 Å². The highest BCUT2D eigenvalue weighted by molar-refractivity contribution is 5.97. The summed E-state index contributed by atoms with van der Waals surface area (Å²) in [4.78, 5) is 13.5. The molecule has 0 radical (unpaired) electrons. The van der Waals surface area contributed by atoms with Gasteiger partial charge in [-0.3, -0.25) is 4.79 Å². The molecule has 30 heavy (non-hydrogen) atoms. The molecule has 0 saturated carbocycles. The van der Waals surface area contributed by atoms with Crippen LogP contribution in [0.25, 0.3) is 21.9 Å². The van der Waals surface area contributed by atoms with Gasteiger partial charge in [0.1, 0.15) is 28.1 Å². The largest absolute Gasteiger partial charge is 0.507 e. The summed E-state index contributed by atoms with van der Waals surface area (Å²) in [7, 11) is 1.44. The Balaban J connectivity index is 2.35. The van der Waals surface area contributed by atoms with Crippen molar-refractivity contribution in [3.8, 4) is 23.0 Å². The van der Waals surface area contributed by atoms with Gasteiger partial charge in [0, 0.05) is 23.3 Å². The van der Waals surface area contributed by atoms with E-state index in [1.165, 1.54) is 19.2 Å². The van der Waals surface area contributed by atoms with Crippen LogP contribution in [-0.2, 0) is 12.8 Å². The molecule has 0 aliphatic carbocycles. The van der Waals surface area contributed by atoms with E-state index < -0.39 is 5.43 Å². The smallest absolute Gasteiger partial charge is 0.204 e. The van der Waals surface area contributed by atoms with E-state index in [1.807, 2.05) is 13.8 Å². The number of fused-ring (bicyclic) bond motifs is 2. The Labute approximate surface area is 175 Å². The number of phenolic OH excluding ortho intramolecular Hbond substituents is 3. The first-order valence-corrected chi connectivity index (χ1v) is 10.4. The minimum Gasteiger partial charge on any atom is -0.507 e. The highest BCUT2D eigenvalue weighted by Crippen LogP contribution is 2.41. The maximum absolute atomic E-state index is 13.5. The summed E-state index contributed by atoms with van der Waals surface area (Å²) in [5, 5.41) is 32.2. The molecule has 0 aliphatic heterocycles. The first-order valence-electron chi connectivity index (χ1n) is 10.4. The fourth-order valence-corrected chi connectivity index (χ4v) is 3.73. The van der Waals surface area contributed by atoms with Crippen LogP contribution in [0.4, 0.5) is 0 Å². The fraction of sp³-hybridized carbons (Fsp3) is 0.458. The molecular formula is C24H30O6. The summed E-state index contributed by atoms with van der Waals surface area (Å²) in [6.07, 6.45) is 2.42. The van der Waals surface area contributed by atoms with Crippen molar-refractivity contribution in [1.29, 1.82) is 0 Å². The molecule has 0 atom stereocenters. The molecule has 6 nitrogen and oxygen atoms in total. The number of aryl methyl sites for hydroxylation is 1. The van der Waals surface area contributed by atoms with Crippen LogP contribution < -0.4 is 10.2 Å². The van der Waals surface area contributed by atoms with Crippen molar-refractivity contribution in [3.05, 3.63) is 33.5 Å². The third-order valence-electron chi connectivity index (χ3n) is 5.51. The maximum Gasteiger partial charge on any atom is 0.204 e. The highest BCUT2D eigenvalue weighted by Gasteiger charge is 2.23. The van der Waals surface area contributed by atoms with Gasteiger partial charge in [-0.2, -0.15) is 0 Å². The molecule has 6 heteroatoms. The maximum atomic E-state index is 13.5. The van der Waals surface area contributed by atoms with Crippen molar-refractivity contribution in [2.24, 2.45) is 11.8 Å². The minimum absolute atomic E-state index is 0.0226. The summed E-state index contributed by atoms with van der Waals surface area (Å²) < 4.78 is 11.2. The number of ether oxygens (including phenoxy) is 1. The molecule has 3 rings (SSSR count). The molecular weight excluding hydrogens is 384 g/mol. The molecule has 1 aromatic heterocycles. The van der Waals surface area contributed by atoms with Gasteiger partial charge in [0.25, 0.3) is 0 Å². The summed E-state index contributed by atoms with van der Waals surface area (Å²) in [5.74, 6) is 0.507. The third kappa shape index (κ3) is 3.91. The van der Waals surface area contributed by atoms with Crippen molar-refractivity contribution in [3.63, 3.8) is 0 Å². The Bertz CT molecular complexity index is 1140. The molecule has 0 amide bonds. The van der Waals surface area contributed by atoms with Gasteiger partial charge >= 0.3 is 0 Å². The predicted molar refractivity (Wildman–Crippen MR) is 118 cm³/mol. The Morgan fingerprint density at radius 2 is 1.43 bits per heavy atom. The average molecular weight is 414 g/mol. The number of rotatable bonds is 7. The van der Waals surface area contributed by atoms with Gasteiger partial charge in [-0.15, -0.1) is 0 Å². The van der Waals surface area contributed by atoms with E-state index >= 15 is 0 Å². The van der Waals surface area contributed by atoms with Gasteiger partial charge in [0.05, 0.1) is 12.5 Å². The van der Waals surface area contributed by atoms with E-state index in [0.717, 1.165) is 12.8 Å². The second-order valence-corrected chi connectivity index (χ2v) is 8.67. The Morgan fingerprint density at radius 1 is 0.867 bits per heavy atom. The van der Waals surface area contributed by atoms with Crippen LogP contribution in [-0.4, -0.2) is 22.4 Å². The number of methoxy groups -OCH3 is 1. The van der Waals surface area contributed by atoms with E-state index in [1.54, 1.807) is 0 Å².